The molecule has 1 amide bonds. The Balaban J connectivity index is 1.46. The summed E-state index contributed by atoms with van der Waals surface area (Å²) < 4.78 is 10.6. The molecular weight excluding hydrogens is 382 g/mol. The summed E-state index contributed by atoms with van der Waals surface area (Å²) >= 11 is 0. The van der Waals surface area contributed by atoms with Crippen LogP contribution in [-0.2, 0) is 22.4 Å². The van der Waals surface area contributed by atoms with Crippen LogP contribution in [0.2, 0.25) is 0 Å². The number of allylic oxidation sites excluding steroid dienone is 2. The number of piperazine rings is 1. The Morgan fingerprint density at radius 1 is 1.13 bits per heavy atom. The van der Waals surface area contributed by atoms with Crippen LogP contribution in [0.3, 0.4) is 0 Å². The average molecular weight is 409 g/mol. The summed E-state index contributed by atoms with van der Waals surface area (Å²) in [6.07, 6.45) is 3.60. The molecule has 1 aliphatic carbocycles. The summed E-state index contributed by atoms with van der Waals surface area (Å²) in [4.78, 5) is 25.0. The molecule has 0 atom stereocenters. The molecule has 1 fully saturated rings. The molecule has 0 spiro atoms. The number of carbonyl (C=O) groups excluding carboxylic acids is 1. The van der Waals surface area contributed by atoms with Gasteiger partial charge in [0.2, 0.25) is 5.91 Å². The van der Waals surface area contributed by atoms with Gasteiger partial charge in [0, 0.05) is 31.5 Å². The van der Waals surface area contributed by atoms with E-state index in [0.29, 0.717) is 25.6 Å². The Morgan fingerprint density at radius 3 is 2.67 bits per heavy atom. The van der Waals surface area contributed by atoms with Crippen molar-refractivity contribution in [2.24, 2.45) is 0 Å². The number of ether oxygens (including phenoxy) is 2. The standard InChI is InChI=1S/C22H27N5O3/c1-26-9-10-27(19(28)14-26)17-6-3-15(4-7-17)13-16-5-8-18-20(16)24-22(25-21(18)23)30-12-11-29-2/h3-7H,8-14H2,1-2H3,(H2,23,24,25). The molecule has 1 aliphatic heterocycles. The number of nitrogens with two attached hydrogens (primary N) is 1. The van der Waals surface area contributed by atoms with Crippen molar-refractivity contribution in [2.75, 3.05) is 57.6 Å². The lowest BCUT2D eigenvalue weighted by molar-refractivity contribution is -0.120. The number of hydrogen-bond donors (Lipinski definition) is 1. The Bertz CT molecular complexity index is 958. The molecule has 1 aromatic heterocycles. The van der Waals surface area contributed by atoms with Crippen LogP contribution >= 0.6 is 0 Å². The number of anilines is 2. The van der Waals surface area contributed by atoms with Crippen molar-refractivity contribution in [3.05, 3.63) is 47.2 Å². The maximum Gasteiger partial charge on any atom is 0.319 e. The van der Waals surface area contributed by atoms with Crippen molar-refractivity contribution < 1.29 is 14.3 Å². The highest BCUT2D eigenvalue weighted by atomic mass is 16.5. The van der Waals surface area contributed by atoms with Crippen molar-refractivity contribution in [1.29, 1.82) is 0 Å². The quantitative estimate of drug-likeness (QED) is 0.694. The van der Waals surface area contributed by atoms with Crippen LogP contribution in [0, 0.1) is 0 Å². The number of nitrogen functional groups attached to an aromatic ring is 1. The molecule has 1 saturated heterocycles. The van der Waals surface area contributed by atoms with Crippen molar-refractivity contribution in [3.63, 3.8) is 0 Å². The molecule has 30 heavy (non-hydrogen) atoms. The number of likely N-dealkylation sites (N-methyl/N-ethyl adjacent to an activating group) is 1. The van der Waals surface area contributed by atoms with E-state index >= 15 is 0 Å². The minimum atomic E-state index is 0.136. The van der Waals surface area contributed by atoms with Gasteiger partial charge >= 0.3 is 6.01 Å². The summed E-state index contributed by atoms with van der Waals surface area (Å²) in [6.45, 7) is 2.90. The van der Waals surface area contributed by atoms with E-state index in [4.69, 9.17) is 15.2 Å². The third kappa shape index (κ3) is 4.29. The average Bonchev–Trinajstić information content (AvgIpc) is 3.12. The minimum Gasteiger partial charge on any atom is -0.461 e. The number of nitrogens with zero attached hydrogens (tertiary/aromatic N) is 4. The predicted molar refractivity (Wildman–Crippen MR) is 115 cm³/mol. The molecule has 158 valence electrons. The van der Waals surface area contributed by atoms with Crippen LogP contribution in [0.1, 0.15) is 16.8 Å². The van der Waals surface area contributed by atoms with Crippen molar-refractivity contribution in [2.45, 2.75) is 12.8 Å². The van der Waals surface area contributed by atoms with Gasteiger partial charge in [0.1, 0.15) is 12.4 Å². The summed E-state index contributed by atoms with van der Waals surface area (Å²) in [7, 11) is 3.59. The lowest BCUT2D eigenvalue weighted by Crippen LogP contribution is -2.48. The fraction of sp³-hybridized carbons (Fsp3) is 0.409. The first kappa shape index (κ1) is 20.3. The van der Waals surface area contributed by atoms with Crippen LogP contribution in [0.25, 0.3) is 5.57 Å². The van der Waals surface area contributed by atoms with Gasteiger partial charge in [-0.1, -0.05) is 18.2 Å². The molecule has 2 heterocycles. The molecule has 1 aromatic carbocycles. The maximum atomic E-state index is 12.3. The second kappa shape index (κ2) is 8.81. The zero-order valence-corrected chi connectivity index (χ0v) is 17.4. The molecule has 4 rings (SSSR count). The van der Waals surface area contributed by atoms with Crippen LogP contribution in [-0.4, -0.2) is 67.8 Å². The Morgan fingerprint density at radius 2 is 1.93 bits per heavy atom. The molecule has 2 aliphatic rings. The van der Waals surface area contributed by atoms with Crippen LogP contribution in [0.4, 0.5) is 11.5 Å². The zero-order valence-electron chi connectivity index (χ0n) is 17.4. The number of methoxy groups -OCH3 is 1. The van der Waals surface area contributed by atoms with Crippen LogP contribution in [0.5, 0.6) is 6.01 Å². The zero-order chi connectivity index (χ0) is 21.1. The molecule has 0 unspecified atom stereocenters. The normalized spacial score (nSPS) is 16.5. The highest BCUT2D eigenvalue weighted by molar-refractivity contribution is 5.95. The van der Waals surface area contributed by atoms with Gasteiger partial charge in [0.25, 0.3) is 0 Å². The third-order valence-electron chi connectivity index (χ3n) is 5.45. The fourth-order valence-electron chi connectivity index (χ4n) is 3.78. The van der Waals surface area contributed by atoms with Crippen molar-refractivity contribution in [1.82, 2.24) is 14.9 Å². The lowest BCUT2D eigenvalue weighted by Gasteiger charge is -2.32. The minimum absolute atomic E-state index is 0.136. The summed E-state index contributed by atoms with van der Waals surface area (Å²) in [5, 5.41) is 0. The van der Waals surface area contributed by atoms with Gasteiger partial charge in [0.15, 0.2) is 0 Å². The number of fused-ring (bicyclic) bond motifs is 1. The van der Waals surface area contributed by atoms with Gasteiger partial charge < -0.3 is 20.1 Å². The van der Waals surface area contributed by atoms with Gasteiger partial charge in [-0.3, -0.25) is 9.69 Å². The first-order valence-corrected chi connectivity index (χ1v) is 10.1. The molecular formula is C22H27N5O3. The van der Waals surface area contributed by atoms with Gasteiger partial charge in [0.05, 0.1) is 18.8 Å². The second-order valence-electron chi connectivity index (χ2n) is 7.62. The van der Waals surface area contributed by atoms with Crippen molar-refractivity contribution >= 4 is 23.0 Å². The largest absolute Gasteiger partial charge is 0.461 e. The van der Waals surface area contributed by atoms with E-state index < -0.39 is 0 Å². The van der Waals surface area contributed by atoms with E-state index in [1.54, 1.807) is 7.11 Å². The van der Waals surface area contributed by atoms with E-state index in [-0.39, 0.29) is 11.9 Å². The Kier molecular flexibility index (Phi) is 5.96. The van der Waals surface area contributed by atoms with Crippen LogP contribution < -0.4 is 15.4 Å². The SMILES string of the molecule is COCCOc1nc(N)c2c(n1)C(Cc1ccc(N3CCN(C)CC3=O)cc1)=CC2. The second-order valence-corrected chi connectivity index (χ2v) is 7.62. The number of amides is 1. The molecule has 2 N–H and O–H groups in total. The first-order valence-electron chi connectivity index (χ1n) is 10.1. The smallest absolute Gasteiger partial charge is 0.319 e. The van der Waals surface area contributed by atoms with Gasteiger partial charge in [-0.05, 0) is 43.2 Å². The first-order chi connectivity index (χ1) is 14.5. The lowest BCUT2D eigenvalue weighted by atomic mass is 10.0. The highest BCUT2D eigenvalue weighted by Crippen LogP contribution is 2.33. The third-order valence-corrected chi connectivity index (χ3v) is 5.45. The van der Waals surface area contributed by atoms with E-state index in [9.17, 15) is 4.79 Å². The number of rotatable bonds is 7. The van der Waals surface area contributed by atoms with Gasteiger partial charge in [-0.2, -0.15) is 9.97 Å². The van der Waals surface area contributed by atoms with E-state index in [0.717, 1.165) is 54.0 Å². The van der Waals surface area contributed by atoms with E-state index in [2.05, 4.69) is 28.2 Å². The number of carbonyl (C=O) groups is 1. The summed E-state index contributed by atoms with van der Waals surface area (Å²) in [5.41, 5.74) is 11.1. The number of benzene rings is 1. The highest BCUT2D eigenvalue weighted by Gasteiger charge is 2.24. The Labute approximate surface area is 176 Å². The molecule has 2 aromatic rings. The molecule has 8 nitrogen and oxygen atoms in total. The topological polar surface area (TPSA) is 93.8 Å². The molecule has 0 bridgehead atoms. The van der Waals surface area contributed by atoms with Crippen molar-refractivity contribution in [3.8, 4) is 6.01 Å². The maximum absolute atomic E-state index is 12.3. The number of hydrogen-bond acceptors (Lipinski definition) is 7. The monoisotopic (exact) mass is 409 g/mol. The molecule has 8 heteroatoms. The molecule has 0 saturated carbocycles. The van der Waals surface area contributed by atoms with Crippen LogP contribution in [0.15, 0.2) is 30.3 Å². The molecule has 0 radical (unpaired) electrons. The Hall–Kier alpha value is -2.97. The van der Waals surface area contributed by atoms with Gasteiger partial charge in [-0.25, -0.2) is 0 Å². The number of aromatic nitrogens is 2. The predicted octanol–water partition coefficient (Wildman–Crippen LogP) is 1.54. The fourth-order valence-corrected chi connectivity index (χ4v) is 3.78. The summed E-state index contributed by atoms with van der Waals surface area (Å²) in [5.74, 6) is 0.597. The summed E-state index contributed by atoms with van der Waals surface area (Å²) in [6, 6.07) is 8.45. The van der Waals surface area contributed by atoms with Gasteiger partial charge in [-0.15, -0.1) is 0 Å². The van der Waals surface area contributed by atoms with E-state index in [1.165, 1.54) is 0 Å². The van der Waals surface area contributed by atoms with E-state index in [1.807, 2.05) is 29.0 Å².